The summed E-state index contributed by atoms with van der Waals surface area (Å²) in [6.07, 6.45) is -1.67. The van der Waals surface area contributed by atoms with Gasteiger partial charge in [-0.1, -0.05) is 26.0 Å². The van der Waals surface area contributed by atoms with Gasteiger partial charge in [-0.2, -0.15) is 0 Å². The fraction of sp³-hybridized carbons (Fsp3) is 0.614. The van der Waals surface area contributed by atoms with E-state index < -0.39 is 133 Å². The minimum atomic E-state index is -1.78. The third-order valence-corrected chi connectivity index (χ3v) is 10.6. The summed E-state index contributed by atoms with van der Waals surface area (Å²) in [6.45, 7) is 4.41. The first-order valence-corrected chi connectivity index (χ1v) is 23.2. The Morgan fingerprint density at radius 3 is 1.74 bits per heavy atom. The van der Waals surface area contributed by atoms with Crippen LogP contribution in [0.1, 0.15) is 84.6 Å². The third kappa shape index (κ3) is 24.6. The van der Waals surface area contributed by atoms with Crippen molar-refractivity contribution in [1.82, 2.24) is 42.5 Å². The molecule has 0 aliphatic rings. The van der Waals surface area contributed by atoms with Crippen LogP contribution in [0, 0.1) is 5.92 Å². The first-order valence-electron chi connectivity index (χ1n) is 23.2. The van der Waals surface area contributed by atoms with Crippen molar-refractivity contribution in [2.24, 2.45) is 33.8 Å². The number of carbonyl (C=O) groups is 10. The van der Waals surface area contributed by atoms with Crippen LogP contribution >= 0.6 is 0 Å². The molecule has 21 N–H and O–H groups in total. The van der Waals surface area contributed by atoms with E-state index in [4.69, 9.17) is 22.9 Å². The van der Waals surface area contributed by atoms with E-state index in [-0.39, 0.29) is 69.2 Å². The maximum atomic E-state index is 13.6. The van der Waals surface area contributed by atoms with Crippen molar-refractivity contribution >= 4 is 65.2 Å². The molecule has 0 radical (unpaired) electrons. The van der Waals surface area contributed by atoms with Gasteiger partial charge in [0, 0.05) is 19.4 Å². The molecule has 0 bridgehead atoms. The first-order chi connectivity index (χ1) is 33.8. The molecule has 0 aliphatic carbocycles. The number of aliphatic hydroxyl groups is 2. The molecule has 1 rings (SSSR count). The highest BCUT2D eigenvalue weighted by atomic mass is 16.4. The summed E-state index contributed by atoms with van der Waals surface area (Å²) < 4.78 is 0. The van der Waals surface area contributed by atoms with Gasteiger partial charge in [0.2, 0.25) is 47.3 Å². The van der Waals surface area contributed by atoms with Crippen molar-refractivity contribution in [3.63, 3.8) is 0 Å². The molecule has 1 aromatic rings. The molecule has 0 fully saturated rings. The number of phenolic OH excluding ortho intramolecular Hbond substituents is 1. The maximum absolute atomic E-state index is 13.6. The lowest BCUT2D eigenvalue weighted by atomic mass is 10.0. The number of carbonyl (C=O) groups excluding carboxylic acids is 8. The summed E-state index contributed by atoms with van der Waals surface area (Å²) >= 11 is 0. The highest BCUT2D eigenvalue weighted by Gasteiger charge is 2.34. The second-order valence-corrected chi connectivity index (χ2v) is 17.3. The Morgan fingerprint density at radius 2 is 1.18 bits per heavy atom. The number of rotatable bonds is 34. The van der Waals surface area contributed by atoms with E-state index in [9.17, 15) is 73.5 Å². The lowest BCUT2D eigenvalue weighted by Crippen LogP contribution is -2.60. The Morgan fingerprint density at radius 1 is 0.639 bits per heavy atom. The fourth-order valence-corrected chi connectivity index (χ4v) is 6.63. The van der Waals surface area contributed by atoms with Crippen LogP contribution in [0.15, 0.2) is 29.3 Å². The molecular weight excluding hydrogens is 951 g/mol. The lowest BCUT2D eigenvalue weighted by molar-refractivity contribution is -0.143. The highest BCUT2D eigenvalue weighted by Crippen LogP contribution is 2.13. The molecule has 0 aromatic heterocycles. The number of nitrogens with zero attached hydrogens (tertiary/aromatic N) is 1. The molecule has 72 heavy (non-hydrogen) atoms. The number of aromatic hydroxyl groups is 1. The summed E-state index contributed by atoms with van der Waals surface area (Å²) in [5.74, 6) is -10.7. The standard InChI is InChI=1S/C44H73N13O15/c1-22(2)18-27(46)37(65)54-30(14-15-34(62)63)40(68)55-29(8-5-6-16-45)39(67)51-23(3)36(64)53-28(9-7-17-49-44(47)48)38(66)50-20-33(61)52-32(21-58)41(69)57-35(24(4)59)42(70)56-31(43(71)72)19-25-10-12-26(60)13-11-25/h10-13,22-24,27-32,35,58-60H,5-9,14-21,45-46H2,1-4H3,(H,50,66)(H,51,67)(H,52,61)(H,53,64)(H,54,65)(H,55,68)(H,56,70)(H,57,69)(H,62,63)(H,71,72)(H4,47,48,49)/t23-,24+,27-,28-,29-,30-,31-,32-,35-/m0/s1. The summed E-state index contributed by atoms with van der Waals surface area (Å²) in [5, 5.41) is 67.5. The SMILES string of the molecule is CC(C)C[C@H](N)C(=O)N[C@@H](CCC(=O)O)C(=O)N[C@@H](CCCCN)C(=O)N[C@@H](C)C(=O)N[C@@H](CCCN=C(N)N)C(=O)NCC(=O)N[C@@H](CO)C(=O)N[C@H](C(=O)N[C@@H](Cc1ccc(O)cc1)C(=O)O)[C@@H](C)O. The zero-order chi connectivity index (χ0) is 54.7. The van der Waals surface area contributed by atoms with Crippen LogP contribution in [-0.4, -0.2) is 171 Å². The van der Waals surface area contributed by atoms with Crippen LogP contribution in [0.3, 0.4) is 0 Å². The monoisotopic (exact) mass is 1020 g/mol. The number of amides is 8. The van der Waals surface area contributed by atoms with Crippen molar-refractivity contribution in [2.45, 2.75) is 140 Å². The van der Waals surface area contributed by atoms with Gasteiger partial charge in [0.1, 0.15) is 48.0 Å². The molecule has 28 nitrogen and oxygen atoms in total. The van der Waals surface area contributed by atoms with Crippen molar-refractivity contribution in [3.05, 3.63) is 29.8 Å². The van der Waals surface area contributed by atoms with E-state index in [1.54, 1.807) is 0 Å². The highest BCUT2D eigenvalue weighted by molar-refractivity contribution is 5.97. The predicted molar refractivity (Wildman–Crippen MR) is 258 cm³/mol. The average molecular weight is 1020 g/mol. The minimum Gasteiger partial charge on any atom is -0.508 e. The molecule has 404 valence electrons. The minimum absolute atomic E-state index is 0.00462. The number of aliphatic imine (C=N–C) groups is 1. The number of nitrogens with one attached hydrogen (secondary N) is 8. The van der Waals surface area contributed by atoms with Gasteiger partial charge in [0.05, 0.1) is 25.3 Å². The van der Waals surface area contributed by atoms with Gasteiger partial charge in [-0.15, -0.1) is 0 Å². The normalized spacial score (nSPS) is 14.7. The van der Waals surface area contributed by atoms with Crippen molar-refractivity contribution in [1.29, 1.82) is 0 Å². The van der Waals surface area contributed by atoms with E-state index in [0.717, 1.165) is 6.92 Å². The Bertz CT molecular complexity index is 2020. The van der Waals surface area contributed by atoms with Gasteiger partial charge in [-0.05, 0) is 89.0 Å². The number of carboxylic acid groups (broad SMARTS) is 2. The molecule has 0 heterocycles. The van der Waals surface area contributed by atoms with Crippen LogP contribution in [0.4, 0.5) is 0 Å². The molecule has 0 saturated heterocycles. The summed E-state index contributed by atoms with van der Waals surface area (Å²) in [5.41, 5.74) is 22.8. The molecule has 1 aromatic carbocycles. The number of unbranched alkanes of at least 4 members (excludes halogenated alkanes) is 1. The average Bonchev–Trinajstić information content (AvgIpc) is 3.30. The van der Waals surface area contributed by atoms with E-state index >= 15 is 0 Å². The van der Waals surface area contributed by atoms with E-state index in [1.165, 1.54) is 31.2 Å². The van der Waals surface area contributed by atoms with Crippen molar-refractivity contribution < 1.29 is 73.5 Å². The Hall–Kier alpha value is -7.17. The van der Waals surface area contributed by atoms with Gasteiger partial charge in [-0.25, -0.2) is 4.79 Å². The van der Waals surface area contributed by atoms with Gasteiger partial charge in [-0.3, -0.25) is 48.1 Å². The second kappa shape index (κ2) is 32.7. The molecular formula is C44H73N13O15. The number of carboxylic acids is 2. The maximum Gasteiger partial charge on any atom is 0.326 e. The van der Waals surface area contributed by atoms with Crippen LogP contribution in [0.2, 0.25) is 0 Å². The van der Waals surface area contributed by atoms with E-state index in [2.05, 4.69) is 47.5 Å². The Labute approximate surface area is 416 Å². The largest absolute Gasteiger partial charge is 0.508 e. The van der Waals surface area contributed by atoms with Gasteiger partial charge >= 0.3 is 11.9 Å². The molecule has 0 spiro atoms. The number of phenols is 1. The van der Waals surface area contributed by atoms with Crippen LogP contribution in [-0.2, 0) is 54.4 Å². The van der Waals surface area contributed by atoms with Crippen molar-refractivity contribution in [2.75, 3.05) is 26.2 Å². The molecule has 0 aliphatic heterocycles. The smallest absolute Gasteiger partial charge is 0.326 e. The number of benzene rings is 1. The quantitative estimate of drug-likeness (QED) is 0.0174. The second-order valence-electron chi connectivity index (χ2n) is 17.3. The van der Waals surface area contributed by atoms with Gasteiger partial charge < -0.3 is 91.0 Å². The fourth-order valence-electron chi connectivity index (χ4n) is 6.63. The summed E-state index contributed by atoms with van der Waals surface area (Å²) in [7, 11) is 0. The predicted octanol–water partition coefficient (Wildman–Crippen LogP) is -5.66. The summed E-state index contributed by atoms with van der Waals surface area (Å²) in [4.78, 5) is 133. The first kappa shape index (κ1) is 62.8. The van der Waals surface area contributed by atoms with Crippen LogP contribution in [0.5, 0.6) is 5.75 Å². The van der Waals surface area contributed by atoms with Gasteiger partial charge in [0.25, 0.3) is 0 Å². The molecule has 9 atom stereocenters. The molecule has 0 saturated carbocycles. The van der Waals surface area contributed by atoms with Gasteiger partial charge in [0.15, 0.2) is 5.96 Å². The number of nitrogens with two attached hydrogens (primary N) is 4. The zero-order valence-electron chi connectivity index (χ0n) is 40.9. The zero-order valence-corrected chi connectivity index (χ0v) is 40.9. The number of aliphatic hydroxyl groups excluding tert-OH is 2. The van der Waals surface area contributed by atoms with Crippen LogP contribution < -0.4 is 65.5 Å². The Kier molecular flexibility index (Phi) is 28.5. The number of aliphatic carboxylic acids is 2. The molecule has 28 heteroatoms. The third-order valence-electron chi connectivity index (χ3n) is 10.6. The topological polar surface area (TPSA) is 485 Å². The number of hydrogen-bond acceptors (Lipinski definition) is 16. The van der Waals surface area contributed by atoms with E-state index in [0.29, 0.717) is 18.4 Å². The van der Waals surface area contributed by atoms with Crippen molar-refractivity contribution in [3.8, 4) is 5.75 Å². The summed E-state index contributed by atoms with van der Waals surface area (Å²) in [6, 6.07) is -6.09. The van der Waals surface area contributed by atoms with Crippen LogP contribution in [0.25, 0.3) is 0 Å². The number of guanidine groups is 1. The lowest BCUT2D eigenvalue weighted by Gasteiger charge is -2.26. The Balaban J connectivity index is 3.12. The number of hydrogen-bond donors (Lipinski definition) is 17. The molecule has 0 unspecified atom stereocenters. The molecule has 8 amide bonds. The van der Waals surface area contributed by atoms with E-state index in [1.807, 2.05) is 13.8 Å².